The molecule has 4 aromatic rings. The molecule has 0 spiro atoms. The number of nitrogens with zero attached hydrogens (tertiary/aromatic N) is 2. The zero-order valence-corrected chi connectivity index (χ0v) is 18.5. The number of hydrogen-bond acceptors (Lipinski definition) is 2. The number of benzene rings is 3. The van der Waals surface area contributed by atoms with Crippen molar-refractivity contribution in [2.75, 3.05) is 0 Å². The summed E-state index contributed by atoms with van der Waals surface area (Å²) in [7, 11) is 0. The summed E-state index contributed by atoms with van der Waals surface area (Å²) in [5, 5.41) is 14.9. The Balaban J connectivity index is 1.72. The molecule has 176 valence electrons. The highest BCUT2D eigenvalue weighted by atomic mass is 19.4. The SMILES string of the molecule is O=C(O)C1(c2c3cccc(C(F)(F)F)c3nn2Cc2ccccc2)C=CC(c2ccccc2)C=C1. The Bertz CT molecular complexity index is 1420. The summed E-state index contributed by atoms with van der Waals surface area (Å²) in [6, 6.07) is 22.5. The summed E-state index contributed by atoms with van der Waals surface area (Å²) < 4.78 is 42.9. The van der Waals surface area contributed by atoms with Gasteiger partial charge in [-0.05, 0) is 17.2 Å². The normalized spacial score (nSPS) is 19.8. The molecular weight excluding hydrogens is 453 g/mol. The van der Waals surface area contributed by atoms with Crippen molar-refractivity contribution >= 4 is 16.9 Å². The molecule has 1 N–H and O–H groups in total. The molecule has 0 bridgehead atoms. The van der Waals surface area contributed by atoms with Crippen molar-refractivity contribution in [2.45, 2.75) is 24.1 Å². The molecule has 1 aliphatic carbocycles. The lowest BCUT2D eigenvalue weighted by atomic mass is 9.76. The zero-order valence-electron chi connectivity index (χ0n) is 18.5. The van der Waals surface area contributed by atoms with Gasteiger partial charge in [-0.2, -0.15) is 18.3 Å². The first kappa shape index (κ1) is 22.7. The van der Waals surface area contributed by atoms with Gasteiger partial charge in [0, 0.05) is 11.3 Å². The largest absolute Gasteiger partial charge is 0.480 e. The second-order valence-electron chi connectivity index (χ2n) is 8.52. The van der Waals surface area contributed by atoms with Gasteiger partial charge in [0.05, 0.1) is 17.8 Å². The maximum Gasteiger partial charge on any atom is 0.418 e. The van der Waals surface area contributed by atoms with Crippen LogP contribution in [-0.4, -0.2) is 20.9 Å². The van der Waals surface area contributed by atoms with Crippen LogP contribution in [0, 0.1) is 0 Å². The van der Waals surface area contributed by atoms with Crippen LogP contribution in [0.15, 0.2) is 103 Å². The molecule has 0 saturated heterocycles. The minimum absolute atomic E-state index is 0.126. The average molecular weight is 474 g/mol. The summed E-state index contributed by atoms with van der Waals surface area (Å²) in [5.41, 5.74) is -0.872. The van der Waals surface area contributed by atoms with Crippen molar-refractivity contribution in [1.82, 2.24) is 9.78 Å². The number of carbonyl (C=O) groups is 1. The summed E-state index contributed by atoms with van der Waals surface area (Å²) >= 11 is 0. The van der Waals surface area contributed by atoms with E-state index in [2.05, 4.69) is 5.10 Å². The van der Waals surface area contributed by atoms with Gasteiger partial charge in [0.1, 0.15) is 10.9 Å². The fraction of sp³-hybridized carbons (Fsp3) is 0.143. The first-order chi connectivity index (χ1) is 16.8. The fourth-order valence-electron chi connectivity index (χ4n) is 4.62. The maximum atomic E-state index is 13.8. The third-order valence-electron chi connectivity index (χ3n) is 6.31. The highest BCUT2D eigenvalue weighted by molar-refractivity contribution is 5.95. The predicted octanol–water partition coefficient (Wildman–Crippen LogP) is 6.34. The summed E-state index contributed by atoms with van der Waals surface area (Å²) in [4.78, 5) is 12.8. The Morgan fingerprint density at radius 3 is 2.14 bits per heavy atom. The standard InChI is InChI=1S/C28H21F3N2O2/c29-28(30,31)23-13-7-12-22-24(23)32-33(18-19-8-3-1-4-9-19)25(22)27(26(34)35)16-14-21(15-17-27)20-10-5-2-6-11-20/h1-17,21H,18H2,(H,34,35). The lowest BCUT2D eigenvalue weighted by molar-refractivity contribution is -0.140. The molecule has 4 nitrogen and oxygen atoms in total. The number of aliphatic carboxylic acids is 1. The first-order valence-electron chi connectivity index (χ1n) is 11.1. The number of aromatic nitrogens is 2. The van der Waals surface area contributed by atoms with Gasteiger partial charge in [0.25, 0.3) is 0 Å². The van der Waals surface area contributed by atoms with Crippen molar-refractivity contribution in [3.8, 4) is 0 Å². The van der Waals surface area contributed by atoms with Crippen molar-refractivity contribution in [1.29, 1.82) is 0 Å². The lowest BCUT2D eigenvalue weighted by Gasteiger charge is -2.28. The van der Waals surface area contributed by atoms with Crippen LogP contribution >= 0.6 is 0 Å². The van der Waals surface area contributed by atoms with Crippen molar-refractivity contribution in [3.05, 3.63) is 126 Å². The van der Waals surface area contributed by atoms with Gasteiger partial charge >= 0.3 is 12.1 Å². The predicted molar refractivity (Wildman–Crippen MR) is 127 cm³/mol. The number of hydrogen-bond donors (Lipinski definition) is 1. The smallest absolute Gasteiger partial charge is 0.418 e. The van der Waals surface area contributed by atoms with E-state index >= 15 is 0 Å². The molecule has 0 fully saturated rings. The summed E-state index contributed by atoms with van der Waals surface area (Å²) in [6.07, 6.45) is 2.05. The van der Waals surface area contributed by atoms with Gasteiger partial charge in [0.15, 0.2) is 0 Å². The number of halogens is 3. The number of carboxylic acids is 1. The second kappa shape index (κ2) is 8.58. The molecule has 1 heterocycles. The quantitative estimate of drug-likeness (QED) is 0.344. The summed E-state index contributed by atoms with van der Waals surface area (Å²) in [5.74, 6) is -1.34. The topological polar surface area (TPSA) is 55.1 Å². The average Bonchev–Trinajstić information content (AvgIpc) is 3.22. The van der Waals surface area contributed by atoms with Gasteiger partial charge in [-0.15, -0.1) is 0 Å². The van der Waals surface area contributed by atoms with Crippen LogP contribution in [0.25, 0.3) is 10.9 Å². The van der Waals surface area contributed by atoms with Gasteiger partial charge in [-0.25, -0.2) is 0 Å². The third-order valence-corrected chi connectivity index (χ3v) is 6.31. The van der Waals surface area contributed by atoms with Crippen LogP contribution in [0.3, 0.4) is 0 Å². The Morgan fingerprint density at radius 1 is 0.914 bits per heavy atom. The molecule has 0 aliphatic heterocycles. The highest BCUT2D eigenvalue weighted by Gasteiger charge is 2.43. The van der Waals surface area contributed by atoms with Crippen LogP contribution < -0.4 is 0 Å². The van der Waals surface area contributed by atoms with E-state index in [4.69, 9.17) is 0 Å². The molecule has 1 aromatic heterocycles. The molecular formula is C28H21F3N2O2. The fourth-order valence-corrected chi connectivity index (χ4v) is 4.62. The lowest BCUT2D eigenvalue weighted by Crippen LogP contribution is -2.36. The van der Waals surface area contributed by atoms with Gasteiger partial charge in [-0.3, -0.25) is 9.48 Å². The Morgan fingerprint density at radius 2 is 1.54 bits per heavy atom. The molecule has 0 atom stereocenters. The van der Waals surface area contributed by atoms with E-state index in [0.29, 0.717) is 0 Å². The van der Waals surface area contributed by atoms with Crippen molar-refractivity contribution in [2.24, 2.45) is 0 Å². The monoisotopic (exact) mass is 474 g/mol. The Labute approximate surface area is 199 Å². The molecule has 0 unspecified atom stereocenters. The van der Waals surface area contributed by atoms with E-state index in [0.717, 1.165) is 17.2 Å². The molecule has 0 saturated carbocycles. The molecule has 0 radical (unpaired) electrons. The van der Waals surface area contributed by atoms with Gasteiger partial charge in [-0.1, -0.05) is 97.1 Å². The van der Waals surface area contributed by atoms with Gasteiger partial charge < -0.3 is 5.11 Å². The number of alkyl halides is 3. The van der Waals surface area contributed by atoms with Crippen molar-refractivity contribution < 1.29 is 23.1 Å². The van der Waals surface area contributed by atoms with Crippen LogP contribution in [0.4, 0.5) is 13.2 Å². The highest BCUT2D eigenvalue weighted by Crippen LogP contribution is 2.42. The molecule has 7 heteroatoms. The molecule has 0 amide bonds. The number of fused-ring (bicyclic) bond motifs is 1. The minimum Gasteiger partial charge on any atom is -0.480 e. The Hall–Kier alpha value is -4.13. The van der Waals surface area contributed by atoms with Crippen molar-refractivity contribution in [3.63, 3.8) is 0 Å². The molecule has 3 aromatic carbocycles. The molecule has 5 rings (SSSR count). The second-order valence-corrected chi connectivity index (χ2v) is 8.52. The van der Waals surface area contributed by atoms with E-state index in [-0.39, 0.29) is 29.1 Å². The summed E-state index contributed by atoms with van der Waals surface area (Å²) in [6.45, 7) is 0.126. The van der Waals surface area contributed by atoms with E-state index < -0.39 is 23.1 Å². The van der Waals surface area contributed by atoms with Crippen LogP contribution in [0.2, 0.25) is 0 Å². The van der Waals surface area contributed by atoms with E-state index in [1.54, 1.807) is 24.3 Å². The maximum absolute atomic E-state index is 13.8. The minimum atomic E-state index is -4.63. The number of allylic oxidation sites excluding steroid dienone is 2. The van der Waals surface area contributed by atoms with E-state index in [1.807, 2.05) is 60.7 Å². The Kier molecular flexibility index (Phi) is 5.55. The van der Waals surface area contributed by atoms with Crippen LogP contribution in [-0.2, 0) is 22.9 Å². The number of carboxylic acid groups (broad SMARTS) is 1. The molecule has 35 heavy (non-hydrogen) atoms. The zero-order chi connectivity index (χ0) is 24.6. The van der Waals surface area contributed by atoms with Crippen LogP contribution in [0.1, 0.15) is 28.3 Å². The van der Waals surface area contributed by atoms with E-state index in [9.17, 15) is 23.1 Å². The van der Waals surface area contributed by atoms with Gasteiger partial charge in [0.2, 0.25) is 0 Å². The van der Waals surface area contributed by atoms with Crippen LogP contribution in [0.5, 0.6) is 0 Å². The number of rotatable bonds is 5. The third kappa shape index (κ3) is 4.03. The van der Waals surface area contributed by atoms with E-state index in [1.165, 1.54) is 16.8 Å². The first-order valence-corrected chi connectivity index (χ1v) is 11.1. The molecule has 1 aliphatic rings.